The topological polar surface area (TPSA) is 75.3 Å². The van der Waals surface area contributed by atoms with Crippen LogP contribution in [0.5, 0.6) is 5.75 Å². The van der Waals surface area contributed by atoms with E-state index in [0.29, 0.717) is 4.47 Å². The normalized spacial score (nSPS) is 10.2. The van der Waals surface area contributed by atoms with Gasteiger partial charge in [0.25, 0.3) is 5.91 Å². The smallest absolute Gasteiger partial charge is 0.259 e. The molecule has 0 fully saturated rings. The van der Waals surface area contributed by atoms with Crippen molar-refractivity contribution in [3.63, 3.8) is 0 Å². The van der Waals surface area contributed by atoms with E-state index < -0.39 is 11.7 Å². The first-order chi connectivity index (χ1) is 8.97. The number of anilines is 2. The van der Waals surface area contributed by atoms with Gasteiger partial charge in [0.15, 0.2) is 0 Å². The van der Waals surface area contributed by atoms with E-state index in [1.807, 2.05) is 0 Å². The van der Waals surface area contributed by atoms with Crippen LogP contribution >= 0.6 is 15.9 Å². The number of halogens is 2. The highest BCUT2D eigenvalue weighted by molar-refractivity contribution is 9.10. The Balaban J connectivity index is 2.30. The van der Waals surface area contributed by atoms with Crippen molar-refractivity contribution in [1.29, 1.82) is 0 Å². The van der Waals surface area contributed by atoms with E-state index in [2.05, 4.69) is 21.2 Å². The van der Waals surface area contributed by atoms with Crippen LogP contribution in [-0.2, 0) is 0 Å². The Morgan fingerprint density at radius 1 is 1.26 bits per heavy atom. The number of carbonyl (C=O) groups excluding carboxylic acids is 1. The molecule has 6 heteroatoms. The molecule has 2 aromatic carbocycles. The molecule has 2 aromatic rings. The summed E-state index contributed by atoms with van der Waals surface area (Å²) in [6, 6.07) is 8.10. The number of benzene rings is 2. The van der Waals surface area contributed by atoms with Crippen LogP contribution in [0.3, 0.4) is 0 Å². The molecule has 0 unspecified atom stereocenters. The second kappa shape index (κ2) is 5.27. The third-order valence-electron chi connectivity index (χ3n) is 2.47. The zero-order valence-electron chi connectivity index (χ0n) is 9.65. The van der Waals surface area contributed by atoms with Crippen molar-refractivity contribution in [2.75, 3.05) is 11.1 Å². The predicted molar refractivity (Wildman–Crippen MR) is 74.6 cm³/mol. The summed E-state index contributed by atoms with van der Waals surface area (Å²) in [5.74, 6) is -1.25. The minimum Gasteiger partial charge on any atom is -0.507 e. The van der Waals surface area contributed by atoms with E-state index in [4.69, 9.17) is 5.73 Å². The van der Waals surface area contributed by atoms with Crippen molar-refractivity contribution >= 4 is 33.2 Å². The Hall–Kier alpha value is -2.08. The summed E-state index contributed by atoms with van der Waals surface area (Å²) in [6.07, 6.45) is 0. The van der Waals surface area contributed by atoms with Crippen LogP contribution in [0.2, 0.25) is 0 Å². The first-order valence-electron chi connectivity index (χ1n) is 5.32. The van der Waals surface area contributed by atoms with E-state index in [1.165, 1.54) is 24.3 Å². The summed E-state index contributed by atoms with van der Waals surface area (Å²) in [7, 11) is 0. The van der Waals surface area contributed by atoms with Crippen molar-refractivity contribution in [3.8, 4) is 5.75 Å². The molecule has 0 bridgehead atoms. The minimum atomic E-state index is -0.573. The molecule has 0 aliphatic carbocycles. The number of hydrogen-bond donors (Lipinski definition) is 3. The molecule has 19 heavy (non-hydrogen) atoms. The van der Waals surface area contributed by atoms with Crippen molar-refractivity contribution in [2.24, 2.45) is 0 Å². The fraction of sp³-hybridized carbons (Fsp3) is 0. The van der Waals surface area contributed by atoms with Crippen LogP contribution in [-0.4, -0.2) is 11.0 Å². The van der Waals surface area contributed by atoms with Gasteiger partial charge >= 0.3 is 0 Å². The highest BCUT2D eigenvalue weighted by Crippen LogP contribution is 2.25. The van der Waals surface area contributed by atoms with Gasteiger partial charge in [-0.3, -0.25) is 4.79 Å². The Morgan fingerprint density at radius 2 is 2.00 bits per heavy atom. The van der Waals surface area contributed by atoms with Crippen molar-refractivity contribution < 1.29 is 14.3 Å². The van der Waals surface area contributed by atoms with Gasteiger partial charge in [-0.2, -0.15) is 0 Å². The maximum absolute atomic E-state index is 13.1. The van der Waals surface area contributed by atoms with Gasteiger partial charge in [0.05, 0.1) is 16.9 Å². The molecule has 0 radical (unpaired) electrons. The standard InChI is InChI=1S/C13H10BrFN2O2/c14-7-1-4-12(18)9(5-7)13(19)17-11-6-8(15)2-3-10(11)16/h1-6,18H,16H2,(H,17,19). The lowest BCUT2D eigenvalue weighted by Gasteiger charge is -2.09. The molecular formula is C13H10BrFN2O2. The Bertz CT molecular complexity index is 647. The lowest BCUT2D eigenvalue weighted by molar-refractivity contribution is 0.102. The molecule has 0 spiro atoms. The zero-order chi connectivity index (χ0) is 14.0. The lowest BCUT2D eigenvalue weighted by Crippen LogP contribution is -2.13. The summed E-state index contributed by atoms with van der Waals surface area (Å²) >= 11 is 3.20. The van der Waals surface area contributed by atoms with Crippen molar-refractivity contribution in [3.05, 3.63) is 52.3 Å². The van der Waals surface area contributed by atoms with Crippen LogP contribution in [0.4, 0.5) is 15.8 Å². The number of phenols is 1. The molecule has 4 nitrogen and oxygen atoms in total. The number of nitrogen functional groups attached to an aromatic ring is 1. The maximum Gasteiger partial charge on any atom is 0.259 e. The van der Waals surface area contributed by atoms with E-state index >= 15 is 0 Å². The maximum atomic E-state index is 13.1. The largest absolute Gasteiger partial charge is 0.507 e. The van der Waals surface area contributed by atoms with Crippen LogP contribution in [0.1, 0.15) is 10.4 Å². The zero-order valence-corrected chi connectivity index (χ0v) is 11.2. The number of rotatable bonds is 2. The molecule has 1 amide bonds. The van der Waals surface area contributed by atoms with E-state index in [1.54, 1.807) is 6.07 Å². The number of carbonyl (C=O) groups is 1. The fourth-order valence-electron chi connectivity index (χ4n) is 1.52. The van der Waals surface area contributed by atoms with Crippen LogP contribution in [0, 0.1) is 5.82 Å². The molecule has 0 heterocycles. The van der Waals surface area contributed by atoms with Crippen molar-refractivity contribution in [2.45, 2.75) is 0 Å². The molecular weight excluding hydrogens is 315 g/mol. The molecule has 0 aromatic heterocycles. The van der Waals surface area contributed by atoms with Gasteiger partial charge in [-0.1, -0.05) is 15.9 Å². The summed E-state index contributed by atoms with van der Waals surface area (Å²) < 4.78 is 13.7. The average molecular weight is 325 g/mol. The van der Waals surface area contributed by atoms with Crippen molar-refractivity contribution in [1.82, 2.24) is 0 Å². The van der Waals surface area contributed by atoms with E-state index in [0.717, 1.165) is 6.07 Å². The van der Waals surface area contributed by atoms with Gasteiger partial charge in [-0.05, 0) is 36.4 Å². The highest BCUT2D eigenvalue weighted by Gasteiger charge is 2.13. The first-order valence-corrected chi connectivity index (χ1v) is 6.11. The number of aromatic hydroxyl groups is 1. The molecule has 98 valence electrons. The molecule has 0 saturated heterocycles. The lowest BCUT2D eigenvalue weighted by atomic mass is 10.1. The molecule has 2 rings (SSSR count). The SMILES string of the molecule is Nc1ccc(F)cc1NC(=O)c1cc(Br)ccc1O. The summed E-state index contributed by atoms with van der Waals surface area (Å²) in [5.41, 5.74) is 6.10. The highest BCUT2D eigenvalue weighted by atomic mass is 79.9. The van der Waals surface area contributed by atoms with Gasteiger partial charge < -0.3 is 16.2 Å². The first kappa shape index (κ1) is 13.4. The Morgan fingerprint density at radius 3 is 2.74 bits per heavy atom. The van der Waals surface area contributed by atoms with Gasteiger partial charge in [0.2, 0.25) is 0 Å². The Kier molecular flexibility index (Phi) is 3.71. The number of hydrogen-bond acceptors (Lipinski definition) is 3. The minimum absolute atomic E-state index is 0.0676. The fourth-order valence-corrected chi connectivity index (χ4v) is 1.88. The van der Waals surface area contributed by atoms with Gasteiger partial charge in [0, 0.05) is 4.47 Å². The second-order valence-electron chi connectivity index (χ2n) is 3.85. The number of phenolic OH excluding ortho intramolecular Hbond substituents is 1. The summed E-state index contributed by atoms with van der Waals surface area (Å²) in [6.45, 7) is 0. The average Bonchev–Trinajstić information content (AvgIpc) is 2.36. The van der Waals surface area contributed by atoms with E-state index in [9.17, 15) is 14.3 Å². The third kappa shape index (κ3) is 3.03. The molecule has 0 aliphatic rings. The summed E-state index contributed by atoms with van der Waals surface area (Å²) in [5, 5.41) is 12.1. The van der Waals surface area contributed by atoms with Crippen LogP contribution in [0.25, 0.3) is 0 Å². The monoisotopic (exact) mass is 324 g/mol. The molecule has 0 saturated carbocycles. The molecule has 4 N–H and O–H groups in total. The quantitative estimate of drug-likeness (QED) is 0.743. The van der Waals surface area contributed by atoms with Crippen LogP contribution < -0.4 is 11.1 Å². The summed E-state index contributed by atoms with van der Waals surface area (Å²) in [4.78, 5) is 12.0. The molecule has 0 atom stereocenters. The third-order valence-corrected chi connectivity index (χ3v) is 2.96. The van der Waals surface area contributed by atoms with Gasteiger partial charge in [-0.25, -0.2) is 4.39 Å². The number of amides is 1. The number of nitrogens with one attached hydrogen (secondary N) is 1. The number of nitrogens with two attached hydrogens (primary N) is 1. The Labute approximate surface area is 117 Å². The molecule has 0 aliphatic heterocycles. The van der Waals surface area contributed by atoms with Gasteiger partial charge in [-0.15, -0.1) is 0 Å². The van der Waals surface area contributed by atoms with Gasteiger partial charge in [0.1, 0.15) is 11.6 Å². The second-order valence-corrected chi connectivity index (χ2v) is 4.76. The van der Waals surface area contributed by atoms with Crippen LogP contribution in [0.15, 0.2) is 40.9 Å². The van der Waals surface area contributed by atoms with E-state index in [-0.39, 0.29) is 22.7 Å². The predicted octanol–water partition coefficient (Wildman–Crippen LogP) is 3.13.